The lowest BCUT2D eigenvalue weighted by molar-refractivity contribution is -0.140. The summed E-state index contributed by atoms with van der Waals surface area (Å²) in [7, 11) is 0. The molecule has 0 N–H and O–H groups in total. The molecule has 0 saturated heterocycles. The fourth-order valence-electron chi connectivity index (χ4n) is 4.09. The minimum atomic E-state index is -0.531. The normalized spacial score (nSPS) is 12.9. The summed E-state index contributed by atoms with van der Waals surface area (Å²) in [5.74, 6) is 0.00515. The molecule has 1 aliphatic carbocycles. The van der Waals surface area contributed by atoms with Crippen molar-refractivity contribution in [3.05, 3.63) is 103 Å². The monoisotopic (exact) mass is 514 g/mol. The van der Waals surface area contributed by atoms with Crippen LogP contribution >= 0.6 is 0 Å². The molecule has 3 aromatic rings. The maximum atomic E-state index is 12.7. The largest absolute Gasteiger partial charge is 0.490 e. The Morgan fingerprint density at radius 2 is 1.45 bits per heavy atom. The molecule has 8 heteroatoms. The summed E-state index contributed by atoms with van der Waals surface area (Å²) in [4.78, 5) is 35.3. The quantitative estimate of drug-likeness (QED) is 0.113. The van der Waals surface area contributed by atoms with Crippen molar-refractivity contribution in [1.29, 1.82) is 0 Å². The van der Waals surface area contributed by atoms with Crippen LogP contribution in [0.1, 0.15) is 34.3 Å². The van der Waals surface area contributed by atoms with Crippen molar-refractivity contribution in [2.75, 3.05) is 19.8 Å². The van der Waals surface area contributed by atoms with Crippen LogP contribution in [-0.2, 0) is 19.1 Å². The number of rotatable bonds is 11. The molecule has 38 heavy (non-hydrogen) atoms. The topological polar surface area (TPSA) is 97.4 Å². The molecule has 1 aliphatic rings. The Labute approximate surface area is 220 Å². The van der Waals surface area contributed by atoms with E-state index in [1.54, 1.807) is 36.4 Å². The van der Waals surface area contributed by atoms with Gasteiger partial charge in [0.1, 0.15) is 30.5 Å². The molecule has 194 valence electrons. The standard InChI is InChI=1S/C30H26O8/c1-4-28(31)36-15-14-35-21-8-6-20(7-9-21)30(33)38-23-11-13-25-24-12-10-22(37-18-29(32)34-5-2)16-26(24)19(3)27(25)17-23/h4-13,16-17,19H,1-2,14-15,18H2,3H3. The van der Waals surface area contributed by atoms with E-state index in [2.05, 4.69) is 24.8 Å². The SMILES string of the molecule is C=COC(=O)COc1ccc2c(c1)C(C)c1cc(OC(=O)c3ccc(OCCOC(=O)C=C)cc3)ccc1-2. The molecule has 0 fully saturated rings. The van der Waals surface area contributed by atoms with Crippen LogP contribution in [0.2, 0.25) is 0 Å². The smallest absolute Gasteiger partial charge is 0.348 e. The van der Waals surface area contributed by atoms with Crippen molar-refractivity contribution in [2.24, 2.45) is 0 Å². The lowest BCUT2D eigenvalue weighted by Gasteiger charge is -2.10. The highest BCUT2D eigenvalue weighted by molar-refractivity contribution is 5.91. The second kappa shape index (κ2) is 11.9. The van der Waals surface area contributed by atoms with Gasteiger partial charge in [0.15, 0.2) is 6.61 Å². The van der Waals surface area contributed by atoms with Gasteiger partial charge in [-0.2, -0.15) is 0 Å². The third-order valence-corrected chi connectivity index (χ3v) is 5.90. The van der Waals surface area contributed by atoms with Gasteiger partial charge < -0.3 is 23.7 Å². The van der Waals surface area contributed by atoms with E-state index in [4.69, 9.17) is 18.9 Å². The van der Waals surface area contributed by atoms with E-state index in [1.807, 2.05) is 24.3 Å². The highest BCUT2D eigenvalue weighted by Crippen LogP contribution is 2.47. The van der Waals surface area contributed by atoms with Gasteiger partial charge in [-0.15, -0.1) is 0 Å². The molecule has 0 radical (unpaired) electrons. The first-order valence-corrected chi connectivity index (χ1v) is 11.8. The highest BCUT2D eigenvalue weighted by atomic mass is 16.6. The highest BCUT2D eigenvalue weighted by Gasteiger charge is 2.27. The number of carbonyl (C=O) groups excluding carboxylic acids is 3. The molecular weight excluding hydrogens is 488 g/mol. The predicted octanol–water partition coefficient (Wildman–Crippen LogP) is 5.21. The van der Waals surface area contributed by atoms with Gasteiger partial charge in [0.25, 0.3) is 0 Å². The zero-order valence-corrected chi connectivity index (χ0v) is 20.8. The van der Waals surface area contributed by atoms with E-state index < -0.39 is 17.9 Å². The molecule has 3 aromatic carbocycles. The molecule has 0 bridgehead atoms. The number of carbonyl (C=O) groups is 3. The van der Waals surface area contributed by atoms with Gasteiger partial charge in [0.05, 0.1) is 11.8 Å². The summed E-state index contributed by atoms with van der Waals surface area (Å²) in [6.07, 6.45) is 2.15. The van der Waals surface area contributed by atoms with E-state index in [0.717, 1.165) is 34.6 Å². The van der Waals surface area contributed by atoms with Gasteiger partial charge in [-0.25, -0.2) is 14.4 Å². The fourth-order valence-corrected chi connectivity index (χ4v) is 4.09. The fraction of sp³-hybridized carbons (Fsp3) is 0.167. The summed E-state index contributed by atoms with van der Waals surface area (Å²) < 4.78 is 26.2. The molecule has 1 atom stereocenters. The first kappa shape index (κ1) is 26.2. The van der Waals surface area contributed by atoms with Crippen LogP contribution in [0, 0.1) is 0 Å². The van der Waals surface area contributed by atoms with Crippen molar-refractivity contribution in [3.8, 4) is 28.4 Å². The van der Waals surface area contributed by atoms with Crippen LogP contribution in [0.5, 0.6) is 17.2 Å². The van der Waals surface area contributed by atoms with Crippen LogP contribution in [0.4, 0.5) is 0 Å². The molecule has 8 nitrogen and oxygen atoms in total. The Hall–Kier alpha value is -4.85. The maximum Gasteiger partial charge on any atom is 0.348 e. The van der Waals surface area contributed by atoms with E-state index in [1.165, 1.54) is 0 Å². The van der Waals surface area contributed by atoms with E-state index >= 15 is 0 Å². The Bertz CT molecular complexity index is 1370. The number of hydrogen-bond acceptors (Lipinski definition) is 8. The third kappa shape index (κ3) is 6.10. The minimum Gasteiger partial charge on any atom is -0.490 e. The Morgan fingerprint density at radius 3 is 2.11 bits per heavy atom. The van der Waals surface area contributed by atoms with E-state index in [9.17, 15) is 14.4 Å². The molecule has 0 spiro atoms. The van der Waals surface area contributed by atoms with Crippen molar-refractivity contribution in [3.63, 3.8) is 0 Å². The number of benzene rings is 3. The van der Waals surface area contributed by atoms with Crippen molar-refractivity contribution in [2.45, 2.75) is 12.8 Å². The average molecular weight is 515 g/mol. The van der Waals surface area contributed by atoms with Crippen LogP contribution in [0.15, 0.2) is 86.2 Å². The van der Waals surface area contributed by atoms with Gasteiger partial charge in [0, 0.05) is 12.0 Å². The van der Waals surface area contributed by atoms with Crippen molar-refractivity contribution in [1.82, 2.24) is 0 Å². The molecule has 0 heterocycles. The van der Waals surface area contributed by atoms with Crippen LogP contribution < -0.4 is 14.2 Å². The van der Waals surface area contributed by atoms with E-state index in [0.29, 0.717) is 22.8 Å². The first-order chi connectivity index (χ1) is 18.4. The number of esters is 3. The molecule has 1 unspecified atom stereocenters. The molecule has 0 amide bonds. The van der Waals surface area contributed by atoms with E-state index in [-0.39, 0.29) is 25.7 Å². The van der Waals surface area contributed by atoms with Crippen molar-refractivity contribution < 1.29 is 38.1 Å². The Kier molecular flexibility index (Phi) is 8.23. The zero-order valence-electron chi connectivity index (χ0n) is 20.8. The van der Waals surface area contributed by atoms with Gasteiger partial charge in [-0.05, 0) is 70.8 Å². The molecular formula is C30H26O8. The van der Waals surface area contributed by atoms with Gasteiger partial charge in [0.2, 0.25) is 0 Å². The summed E-state index contributed by atoms with van der Waals surface area (Å²) in [5, 5.41) is 0. The van der Waals surface area contributed by atoms with Crippen LogP contribution in [-0.4, -0.2) is 37.7 Å². The molecule has 4 rings (SSSR count). The summed E-state index contributed by atoms with van der Waals surface area (Å²) in [5.41, 5.74) is 4.54. The maximum absolute atomic E-state index is 12.7. The number of ether oxygens (including phenoxy) is 5. The lowest BCUT2D eigenvalue weighted by atomic mass is 9.99. The average Bonchev–Trinajstić information content (AvgIpc) is 3.20. The van der Waals surface area contributed by atoms with Crippen molar-refractivity contribution >= 4 is 17.9 Å². The zero-order chi connectivity index (χ0) is 27.1. The van der Waals surface area contributed by atoms with Gasteiger partial charge in [-0.1, -0.05) is 32.2 Å². The second-order valence-corrected chi connectivity index (χ2v) is 8.30. The summed E-state index contributed by atoms with van der Waals surface area (Å²) in [6, 6.07) is 17.7. The van der Waals surface area contributed by atoms with Crippen LogP contribution in [0.25, 0.3) is 11.1 Å². The molecule has 0 saturated carbocycles. The van der Waals surface area contributed by atoms with Gasteiger partial charge >= 0.3 is 17.9 Å². The Balaban J connectivity index is 1.37. The second-order valence-electron chi connectivity index (χ2n) is 8.30. The molecule has 0 aliphatic heterocycles. The Morgan fingerprint density at radius 1 is 0.816 bits per heavy atom. The number of hydrogen-bond donors (Lipinski definition) is 0. The first-order valence-electron chi connectivity index (χ1n) is 11.8. The predicted molar refractivity (Wildman–Crippen MR) is 139 cm³/mol. The molecule has 0 aromatic heterocycles. The number of fused-ring (bicyclic) bond motifs is 3. The summed E-state index contributed by atoms with van der Waals surface area (Å²) in [6.45, 7) is 8.78. The van der Waals surface area contributed by atoms with Crippen LogP contribution in [0.3, 0.4) is 0 Å². The lowest BCUT2D eigenvalue weighted by Crippen LogP contribution is -2.12. The third-order valence-electron chi connectivity index (χ3n) is 5.90. The summed E-state index contributed by atoms with van der Waals surface area (Å²) >= 11 is 0. The van der Waals surface area contributed by atoms with Gasteiger partial charge in [-0.3, -0.25) is 0 Å². The minimum absolute atomic E-state index is 0.0320.